The smallest absolute Gasteiger partial charge is 0.174 e. The Kier molecular flexibility index (Phi) is 6.47. The van der Waals surface area contributed by atoms with Crippen LogP contribution in [0.1, 0.15) is 45.9 Å². The van der Waals surface area contributed by atoms with E-state index in [1.807, 2.05) is 30.5 Å². The van der Waals surface area contributed by atoms with Crippen molar-refractivity contribution in [2.75, 3.05) is 4.90 Å². The van der Waals surface area contributed by atoms with E-state index in [-0.39, 0.29) is 12.1 Å². The van der Waals surface area contributed by atoms with Gasteiger partial charge in [0.2, 0.25) is 0 Å². The Morgan fingerprint density at radius 2 is 1.77 bits per heavy atom. The number of anilines is 1. The molecule has 0 aliphatic carbocycles. The third kappa shape index (κ3) is 4.28. The van der Waals surface area contributed by atoms with Gasteiger partial charge in [0.05, 0.1) is 17.8 Å². The molecule has 35 heavy (non-hydrogen) atoms. The van der Waals surface area contributed by atoms with E-state index in [0.29, 0.717) is 5.11 Å². The molecule has 3 heterocycles. The van der Waals surface area contributed by atoms with Crippen LogP contribution in [-0.2, 0) is 0 Å². The molecular weight excluding hydrogens is 540 g/mol. The van der Waals surface area contributed by atoms with Crippen molar-refractivity contribution in [1.82, 2.24) is 14.9 Å². The first-order chi connectivity index (χ1) is 16.8. The van der Waals surface area contributed by atoms with Crippen molar-refractivity contribution < 1.29 is 0 Å². The van der Waals surface area contributed by atoms with Crippen LogP contribution in [0.5, 0.6) is 0 Å². The molecule has 7 heteroatoms. The predicted octanol–water partition coefficient (Wildman–Crippen LogP) is 7.70. The van der Waals surface area contributed by atoms with Crippen LogP contribution < -0.4 is 10.2 Å². The second kappa shape index (κ2) is 9.41. The molecule has 2 aromatic carbocycles. The average Bonchev–Trinajstić information content (AvgIpc) is 3.33. The van der Waals surface area contributed by atoms with E-state index in [9.17, 15) is 0 Å². The summed E-state index contributed by atoms with van der Waals surface area (Å²) in [5, 5.41) is 4.99. The summed E-state index contributed by atoms with van der Waals surface area (Å²) in [5.41, 5.74) is 8.93. The number of rotatable bonds is 4. The number of benzene rings is 2. The zero-order valence-electron chi connectivity index (χ0n) is 20.0. The van der Waals surface area contributed by atoms with Crippen LogP contribution in [0.3, 0.4) is 0 Å². The molecule has 0 saturated carbocycles. The molecule has 1 saturated heterocycles. The summed E-state index contributed by atoms with van der Waals surface area (Å²) < 4.78 is 3.37. The van der Waals surface area contributed by atoms with E-state index in [2.05, 4.69) is 94.8 Å². The lowest BCUT2D eigenvalue weighted by Gasteiger charge is -2.28. The second-order valence-corrected chi connectivity index (χ2v) is 10.7. The number of nitrogens with zero attached hydrogens (tertiary/aromatic N) is 3. The molecule has 5 rings (SSSR count). The normalized spacial score (nSPS) is 17.7. The van der Waals surface area contributed by atoms with Gasteiger partial charge in [0.1, 0.15) is 0 Å². The number of nitrogens with one attached hydrogen (secondary N) is 1. The van der Waals surface area contributed by atoms with E-state index >= 15 is 0 Å². The van der Waals surface area contributed by atoms with Crippen molar-refractivity contribution in [2.45, 2.75) is 39.8 Å². The Balaban J connectivity index is 1.71. The summed E-state index contributed by atoms with van der Waals surface area (Å²) in [4.78, 5) is 6.92. The van der Waals surface area contributed by atoms with E-state index < -0.39 is 0 Å². The molecule has 4 aromatic rings. The maximum Gasteiger partial charge on any atom is 0.174 e. The average molecular weight is 566 g/mol. The highest BCUT2D eigenvalue weighted by Crippen LogP contribution is 2.44. The first-order valence-electron chi connectivity index (χ1n) is 11.5. The monoisotopic (exact) mass is 564 g/mol. The Bertz CT molecular complexity index is 1430. The molecule has 4 nitrogen and oxygen atoms in total. The van der Waals surface area contributed by atoms with Gasteiger partial charge in [-0.25, -0.2) is 0 Å². The minimum absolute atomic E-state index is 0.0718. The number of pyridine rings is 1. The van der Waals surface area contributed by atoms with E-state index in [4.69, 9.17) is 28.8 Å². The minimum Gasteiger partial charge on any atom is -0.351 e. The van der Waals surface area contributed by atoms with Crippen LogP contribution in [0.2, 0.25) is 5.02 Å². The minimum atomic E-state index is -0.0953. The van der Waals surface area contributed by atoms with Crippen molar-refractivity contribution >= 4 is 50.5 Å². The third-order valence-corrected chi connectivity index (χ3v) is 8.16. The van der Waals surface area contributed by atoms with Gasteiger partial charge in [-0.2, -0.15) is 0 Å². The molecule has 2 aromatic heterocycles. The number of halogens is 2. The largest absolute Gasteiger partial charge is 0.351 e. The predicted molar refractivity (Wildman–Crippen MR) is 152 cm³/mol. The summed E-state index contributed by atoms with van der Waals surface area (Å²) in [5.74, 6) is 0. The first kappa shape index (κ1) is 24.0. The van der Waals surface area contributed by atoms with Gasteiger partial charge in [-0.05, 0) is 105 Å². The van der Waals surface area contributed by atoms with E-state index in [1.165, 1.54) is 11.1 Å². The Morgan fingerprint density at radius 1 is 0.971 bits per heavy atom. The zero-order chi connectivity index (χ0) is 24.9. The highest BCUT2D eigenvalue weighted by atomic mass is 79.9. The molecule has 0 spiro atoms. The molecule has 1 fully saturated rings. The third-order valence-electron chi connectivity index (χ3n) is 6.72. The van der Waals surface area contributed by atoms with Gasteiger partial charge in [-0.1, -0.05) is 39.7 Å². The summed E-state index contributed by atoms with van der Waals surface area (Å²) >= 11 is 15.9. The van der Waals surface area contributed by atoms with Crippen LogP contribution >= 0.6 is 39.7 Å². The highest BCUT2D eigenvalue weighted by molar-refractivity contribution is 9.10. The SMILES string of the molecule is Cc1cc(N2C(=S)N[C@@H](c3ccccn3)[C@H]2c2cc(C)n(-c3cc(Cl)ccc3C)c2C)ccc1Br. The maximum atomic E-state index is 6.40. The van der Waals surface area contributed by atoms with Crippen LogP contribution in [0.25, 0.3) is 5.69 Å². The highest BCUT2D eigenvalue weighted by Gasteiger charge is 2.42. The van der Waals surface area contributed by atoms with Gasteiger partial charge in [0.25, 0.3) is 0 Å². The van der Waals surface area contributed by atoms with Gasteiger partial charge < -0.3 is 14.8 Å². The van der Waals surface area contributed by atoms with Crippen molar-refractivity contribution in [3.05, 3.63) is 110 Å². The molecule has 2 atom stereocenters. The van der Waals surface area contributed by atoms with Gasteiger partial charge in [-0.3, -0.25) is 4.98 Å². The number of hydrogen-bond donors (Lipinski definition) is 1. The van der Waals surface area contributed by atoms with Gasteiger partial charge in [-0.15, -0.1) is 0 Å². The Hall–Kier alpha value is -2.67. The van der Waals surface area contributed by atoms with Crippen LogP contribution in [-0.4, -0.2) is 14.7 Å². The molecule has 1 N–H and O–H groups in total. The number of thiocarbonyl (C=S) groups is 1. The van der Waals surface area contributed by atoms with Gasteiger partial charge in [0.15, 0.2) is 5.11 Å². The van der Waals surface area contributed by atoms with Crippen LogP contribution in [0.15, 0.2) is 71.3 Å². The molecule has 1 aliphatic rings. The Labute approximate surface area is 225 Å². The van der Waals surface area contributed by atoms with Crippen molar-refractivity contribution in [3.63, 3.8) is 0 Å². The van der Waals surface area contributed by atoms with Crippen molar-refractivity contribution in [3.8, 4) is 5.69 Å². The number of aryl methyl sites for hydroxylation is 3. The van der Waals surface area contributed by atoms with E-state index in [1.54, 1.807) is 0 Å². The maximum absolute atomic E-state index is 6.40. The molecule has 0 unspecified atom stereocenters. The zero-order valence-corrected chi connectivity index (χ0v) is 23.2. The fourth-order valence-corrected chi connectivity index (χ4v) is 5.77. The fraction of sp³-hybridized carbons (Fsp3) is 0.214. The standard InChI is InChI=1S/C28H26BrClN4S/c1-16-8-9-20(30)15-25(16)33-18(3)14-22(19(33)4)27-26(24-7-5-6-12-31-24)32-28(35)34(27)21-10-11-23(29)17(2)13-21/h5-15,26-27H,1-4H3,(H,32,35)/t26-,27+/m0/s1. The molecule has 1 aliphatic heterocycles. The summed E-state index contributed by atoms with van der Waals surface area (Å²) in [6, 6.07) is 20.5. The molecule has 0 radical (unpaired) electrons. The lowest BCUT2D eigenvalue weighted by Crippen LogP contribution is -2.29. The van der Waals surface area contributed by atoms with Gasteiger partial charge >= 0.3 is 0 Å². The molecule has 0 amide bonds. The first-order valence-corrected chi connectivity index (χ1v) is 13.1. The summed E-state index contributed by atoms with van der Waals surface area (Å²) in [6.07, 6.45) is 1.84. The van der Waals surface area contributed by atoms with Crippen molar-refractivity contribution in [2.24, 2.45) is 0 Å². The second-order valence-electron chi connectivity index (χ2n) is 9.02. The van der Waals surface area contributed by atoms with Crippen LogP contribution in [0, 0.1) is 27.7 Å². The lowest BCUT2D eigenvalue weighted by molar-refractivity contribution is 0.565. The molecule has 178 valence electrons. The quantitative estimate of drug-likeness (QED) is 0.257. The molecular formula is C28H26BrClN4S. The van der Waals surface area contributed by atoms with Crippen LogP contribution in [0.4, 0.5) is 5.69 Å². The number of aromatic nitrogens is 2. The number of hydrogen-bond acceptors (Lipinski definition) is 2. The summed E-state index contributed by atoms with van der Waals surface area (Å²) in [6.45, 7) is 8.52. The van der Waals surface area contributed by atoms with Gasteiger partial charge in [0, 0.05) is 38.5 Å². The lowest BCUT2D eigenvalue weighted by atomic mass is 9.96. The summed E-state index contributed by atoms with van der Waals surface area (Å²) in [7, 11) is 0. The molecule has 0 bridgehead atoms. The Morgan fingerprint density at radius 3 is 2.49 bits per heavy atom. The van der Waals surface area contributed by atoms with Crippen molar-refractivity contribution in [1.29, 1.82) is 0 Å². The van der Waals surface area contributed by atoms with E-state index in [0.717, 1.165) is 43.5 Å². The fourth-order valence-electron chi connectivity index (χ4n) is 5.01. The topological polar surface area (TPSA) is 33.1 Å².